The summed E-state index contributed by atoms with van der Waals surface area (Å²) in [5.74, 6) is 0.476. The van der Waals surface area contributed by atoms with Crippen LogP contribution < -0.4 is 10.4 Å². The summed E-state index contributed by atoms with van der Waals surface area (Å²) in [7, 11) is 0. The van der Waals surface area contributed by atoms with Crippen molar-refractivity contribution in [3.05, 3.63) is 80.2 Å². The second-order valence-electron chi connectivity index (χ2n) is 5.08. The molecule has 0 N–H and O–H groups in total. The molecule has 2 aromatic carbocycles. The topological polar surface area (TPSA) is 82.6 Å². The summed E-state index contributed by atoms with van der Waals surface area (Å²) < 4.78 is 10.8. The van der Waals surface area contributed by atoms with Gasteiger partial charge in [-0.25, -0.2) is 4.79 Å². The smallest absolute Gasteiger partial charge is 0.336 e. The number of fused-ring (bicyclic) bond motifs is 1. The van der Waals surface area contributed by atoms with E-state index in [1.54, 1.807) is 36.4 Å². The van der Waals surface area contributed by atoms with E-state index in [4.69, 9.17) is 9.15 Å². The average molecular weight is 311 g/mol. The van der Waals surface area contributed by atoms with Crippen molar-refractivity contribution in [1.29, 1.82) is 0 Å². The molecule has 0 radical (unpaired) electrons. The Kier molecular flexibility index (Phi) is 3.80. The summed E-state index contributed by atoms with van der Waals surface area (Å²) in [6.45, 7) is 1.88. The molecule has 0 spiro atoms. The second-order valence-corrected chi connectivity index (χ2v) is 5.08. The Morgan fingerprint density at radius 3 is 2.74 bits per heavy atom. The summed E-state index contributed by atoms with van der Waals surface area (Å²) in [5, 5.41) is 11.8. The Labute approximate surface area is 131 Å². The van der Waals surface area contributed by atoms with Crippen LogP contribution in [0.5, 0.6) is 5.75 Å². The van der Waals surface area contributed by atoms with Gasteiger partial charge in [0, 0.05) is 23.6 Å². The lowest BCUT2D eigenvalue weighted by Crippen LogP contribution is -2.01. The first-order chi connectivity index (χ1) is 11.0. The van der Waals surface area contributed by atoms with E-state index in [2.05, 4.69) is 0 Å². The highest BCUT2D eigenvalue weighted by Gasteiger charge is 2.13. The molecule has 3 aromatic rings. The quantitative estimate of drug-likeness (QED) is 0.418. The van der Waals surface area contributed by atoms with Gasteiger partial charge < -0.3 is 9.15 Å². The first kappa shape index (κ1) is 14.8. The zero-order valence-electron chi connectivity index (χ0n) is 12.3. The average Bonchev–Trinajstić information content (AvgIpc) is 2.52. The van der Waals surface area contributed by atoms with E-state index in [-0.39, 0.29) is 12.3 Å². The van der Waals surface area contributed by atoms with Gasteiger partial charge in [0.05, 0.1) is 10.5 Å². The molecular weight excluding hydrogens is 298 g/mol. The number of benzene rings is 2. The molecule has 3 rings (SSSR count). The van der Waals surface area contributed by atoms with Crippen molar-refractivity contribution in [2.45, 2.75) is 13.5 Å². The fraction of sp³-hybridized carbons (Fsp3) is 0.118. The Balaban J connectivity index is 1.88. The summed E-state index contributed by atoms with van der Waals surface area (Å²) in [6, 6.07) is 13.0. The highest BCUT2D eigenvalue weighted by molar-refractivity contribution is 5.81. The molecular formula is C17H13NO5. The molecule has 0 aliphatic rings. The van der Waals surface area contributed by atoms with E-state index < -0.39 is 10.5 Å². The van der Waals surface area contributed by atoms with Crippen molar-refractivity contribution in [3.63, 3.8) is 0 Å². The number of nitrogens with zero attached hydrogens (tertiary/aromatic N) is 1. The van der Waals surface area contributed by atoms with Gasteiger partial charge in [0.15, 0.2) is 0 Å². The van der Waals surface area contributed by atoms with Crippen LogP contribution in [0.1, 0.15) is 11.1 Å². The monoisotopic (exact) mass is 311 g/mol. The van der Waals surface area contributed by atoms with Gasteiger partial charge in [0.2, 0.25) is 0 Å². The predicted octanol–water partition coefficient (Wildman–Crippen LogP) is 3.59. The highest BCUT2D eigenvalue weighted by Crippen LogP contribution is 2.24. The summed E-state index contributed by atoms with van der Waals surface area (Å²) in [6.07, 6.45) is 0. The largest absolute Gasteiger partial charge is 0.489 e. The molecule has 116 valence electrons. The van der Waals surface area contributed by atoms with Crippen LogP contribution in [0.25, 0.3) is 11.0 Å². The van der Waals surface area contributed by atoms with Gasteiger partial charge in [-0.1, -0.05) is 12.1 Å². The fourth-order valence-electron chi connectivity index (χ4n) is 2.37. The molecule has 0 atom stereocenters. The van der Waals surface area contributed by atoms with Crippen LogP contribution in [0, 0.1) is 17.0 Å². The molecule has 6 heteroatoms. The summed E-state index contributed by atoms with van der Waals surface area (Å²) >= 11 is 0. The fourth-order valence-corrected chi connectivity index (χ4v) is 2.37. The van der Waals surface area contributed by atoms with Crippen LogP contribution in [-0.4, -0.2) is 4.92 Å². The molecule has 0 saturated carbocycles. The molecule has 23 heavy (non-hydrogen) atoms. The van der Waals surface area contributed by atoms with Crippen molar-refractivity contribution >= 4 is 16.7 Å². The standard InChI is InChI=1S/C17H13NO5/c1-11-8-17(19)23-16-9-13(6-7-14(11)16)22-10-12-4-2-3-5-15(12)18(20)21/h2-9H,10H2,1H3. The number of rotatable bonds is 4. The van der Waals surface area contributed by atoms with Gasteiger partial charge in [0.25, 0.3) is 5.69 Å². The van der Waals surface area contributed by atoms with Gasteiger partial charge in [-0.05, 0) is 30.7 Å². The minimum Gasteiger partial charge on any atom is -0.489 e. The Morgan fingerprint density at radius 1 is 1.17 bits per heavy atom. The van der Waals surface area contributed by atoms with E-state index in [0.29, 0.717) is 16.9 Å². The third kappa shape index (κ3) is 3.06. The van der Waals surface area contributed by atoms with Crippen LogP contribution in [0.3, 0.4) is 0 Å². The van der Waals surface area contributed by atoms with E-state index in [1.165, 1.54) is 12.1 Å². The molecule has 0 saturated heterocycles. The number of ether oxygens (including phenoxy) is 1. The number of nitro benzene ring substituents is 1. The summed E-state index contributed by atoms with van der Waals surface area (Å²) in [5.41, 5.74) is 1.31. The van der Waals surface area contributed by atoms with Gasteiger partial charge >= 0.3 is 5.63 Å². The van der Waals surface area contributed by atoms with Crippen LogP contribution in [0.15, 0.2) is 57.7 Å². The third-order valence-electron chi connectivity index (χ3n) is 3.51. The molecule has 1 aromatic heterocycles. The molecule has 0 aliphatic carbocycles. The number of hydrogen-bond donors (Lipinski definition) is 0. The molecule has 0 fully saturated rings. The predicted molar refractivity (Wildman–Crippen MR) is 84.6 cm³/mol. The number of para-hydroxylation sites is 1. The zero-order chi connectivity index (χ0) is 16.4. The molecule has 0 unspecified atom stereocenters. The first-order valence-corrected chi connectivity index (χ1v) is 6.94. The van der Waals surface area contributed by atoms with Crippen LogP contribution in [0.4, 0.5) is 5.69 Å². The lowest BCUT2D eigenvalue weighted by molar-refractivity contribution is -0.385. The molecule has 1 heterocycles. The van der Waals surface area contributed by atoms with Gasteiger partial charge in [-0.15, -0.1) is 0 Å². The van der Waals surface area contributed by atoms with Crippen molar-refractivity contribution in [3.8, 4) is 5.75 Å². The molecule has 0 bridgehead atoms. The Morgan fingerprint density at radius 2 is 1.96 bits per heavy atom. The normalized spacial score (nSPS) is 10.7. The molecule has 0 amide bonds. The van der Waals surface area contributed by atoms with E-state index in [9.17, 15) is 14.9 Å². The van der Waals surface area contributed by atoms with Crippen molar-refractivity contribution in [1.82, 2.24) is 0 Å². The number of nitro groups is 1. The lowest BCUT2D eigenvalue weighted by Gasteiger charge is -2.08. The van der Waals surface area contributed by atoms with Gasteiger partial charge in [0.1, 0.15) is 17.9 Å². The minimum atomic E-state index is -0.443. The van der Waals surface area contributed by atoms with Crippen molar-refractivity contribution in [2.75, 3.05) is 0 Å². The van der Waals surface area contributed by atoms with Crippen molar-refractivity contribution < 1.29 is 14.1 Å². The maximum absolute atomic E-state index is 11.4. The third-order valence-corrected chi connectivity index (χ3v) is 3.51. The zero-order valence-corrected chi connectivity index (χ0v) is 12.3. The Bertz CT molecular complexity index is 945. The van der Waals surface area contributed by atoms with Crippen molar-refractivity contribution in [2.24, 2.45) is 0 Å². The maximum atomic E-state index is 11.4. The first-order valence-electron chi connectivity index (χ1n) is 6.94. The van der Waals surface area contributed by atoms with Gasteiger partial charge in [-0.2, -0.15) is 0 Å². The van der Waals surface area contributed by atoms with E-state index >= 15 is 0 Å². The van der Waals surface area contributed by atoms with Crippen LogP contribution >= 0.6 is 0 Å². The lowest BCUT2D eigenvalue weighted by atomic mass is 10.1. The summed E-state index contributed by atoms with van der Waals surface area (Å²) in [4.78, 5) is 22.0. The number of hydrogen-bond acceptors (Lipinski definition) is 5. The van der Waals surface area contributed by atoms with E-state index in [0.717, 1.165) is 10.9 Å². The van der Waals surface area contributed by atoms with E-state index in [1.807, 2.05) is 6.92 Å². The molecule has 6 nitrogen and oxygen atoms in total. The number of aryl methyl sites for hydroxylation is 1. The SMILES string of the molecule is Cc1cc(=O)oc2cc(OCc3ccccc3[N+](=O)[O-])ccc12. The highest BCUT2D eigenvalue weighted by atomic mass is 16.6. The van der Waals surface area contributed by atoms with Gasteiger partial charge in [-0.3, -0.25) is 10.1 Å². The Hall–Kier alpha value is -3.15. The van der Waals surface area contributed by atoms with Crippen LogP contribution in [-0.2, 0) is 6.61 Å². The van der Waals surface area contributed by atoms with Crippen LogP contribution in [0.2, 0.25) is 0 Å². The second kappa shape index (κ2) is 5.92. The molecule has 0 aliphatic heterocycles. The maximum Gasteiger partial charge on any atom is 0.336 e. The minimum absolute atomic E-state index is 0.00988.